The summed E-state index contributed by atoms with van der Waals surface area (Å²) >= 11 is 0. The number of hydrogen-bond donors (Lipinski definition) is 1. The van der Waals surface area contributed by atoms with Gasteiger partial charge in [-0.15, -0.1) is 0 Å². The summed E-state index contributed by atoms with van der Waals surface area (Å²) in [6.45, 7) is 8.90. The van der Waals surface area contributed by atoms with Crippen molar-refractivity contribution < 1.29 is 28.6 Å². The first-order valence-corrected chi connectivity index (χ1v) is 8.11. The molecule has 0 unspecified atom stereocenters. The quantitative estimate of drug-likeness (QED) is 0.503. The van der Waals surface area contributed by atoms with Gasteiger partial charge in [-0.25, -0.2) is 14.4 Å². The van der Waals surface area contributed by atoms with E-state index in [1.165, 1.54) is 27.2 Å². The van der Waals surface area contributed by atoms with Crippen LogP contribution in [0.25, 0.3) is 0 Å². The smallest absolute Gasteiger partial charge is 0.350 e. The second kappa shape index (κ2) is 6.82. The molecule has 0 aromatic heterocycles. The predicted octanol–water partition coefficient (Wildman–Crippen LogP) is 2.90. The van der Waals surface area contributed by atoms with Gasteiger partial charge >= 0.3 is 17.9 Å². The van der Waals surface area contributed by atoms with Crippen LogP contribution in [0.3, 0.4) is 0 Å². The third-order valence-electron chi connectivity index (χ3n) is 3.74. The predicted molar refractivity (Wildman–Crippen MR) is 94.5 cm³/mol. The van der Waals surface area contributed by atoms with E-state index >= 15 is 0 Å². The summed E-state index contributed by atoms with van der Waals surface area (Å²) < 4.78 is 14.9. The van der Waals surface area contributed by atoms with Gasteiger partial charge in [-0.05, 0) is 29.2 Å². The molecule has 7 heteroatoms. The van der Waals surface area contributed by atoms with Crippen LogP contribution in [0.15, 0.2) is 30.0 Å². The van der Waals surface area contributed by atoms with Gasteiger partial charge in [-0.3, -0.25) is 0 Å². The molecule has 140 valence electrons. The average molecular weight is 361 g/mol. The van der Waals surface area contributed by atoms with Gasteiger partial charge in [0, 0.05) is 25.7 Å². The summed E-state index contributed by atoms with van der Waals surface area (Å²) in [5, 5.41) is 2.95. The van der Waals surface area contributed by atoms with Crippen LogP contribution in [0, 0.1) is 0 Å². The van der Waals surface area contributed by atoms with Crippen molar-refractivity contribution in [1.29, 1.82) is 0 Å². The highest BCUT2D eigenvalue weighted by molar-refractivity contribution is 6.15. The largest absolute Gasteiger partial charge is 0.465 e. The molecule has 0 bridgehead atoms. The average Bonchev–Trinajstić information content (AvgIpc) is 2.51. The molecule has 1 aromatic rings. The SMILES string of the molecule is COC(=O)c1ccc(NC=C2C(=O)OC(C)(C)OC2=O)c(C(C)(C)C)c1. The summed E-state index contributed by atoms with van der Waals surface area (Å²) in [6.07, 6.45) is 1.25. The number of carbonyl (C=O) groups is 3. The number of carbonyl (C=O) groups excluding carboxylic acids is 3. The van der Waals surface area contributed by atoms with Crippen molar-refractivity contribution in [3.8, 4) is 0 Å². The lowest BCUT2D eigenvalue weighted by molar-refractivity contribution is -0.222. The summed E-state index contributed by atoms with van der Waals surface area (Å²) in [6, 6.07) is 5.00. The van der Waals surface area contributed by atoms with Gasteiger partial charge in [0.15, 0.2) is 5.57 Å². The Kier molecular flexibility index (Phi) is 5.11. The minimum absolute atomic E-state index is 0.235. The molecule has 7 nitrogen and oxygen atoms in total. The molecule has 0 saturated carbocycles. The van der Waals surface area contributed by atoms with Crippen LogP contribution in [-0.2, 0) is 29.2 Å². The molecule has 2 rings (SSSR count). The molecule has 0 amide bonds. The minimum Gasteiger partial charge on any atom is -0.465 e. The van der Waals surface area contributed by atoms with E-state index in [-0.39, 0.29) is 11.0 Å². The Hall–Kier alpha value is -2.83. The van der Waals surface area contributed by atoms with Crippen LogP contribution >= 0.6 is 0 Å². The fraction of sp³-hybridized carbons (Fsp3) is 0.421. The van der Waals surface area contributed by atoms with Crippen molar-refractivity contribution in [1.82, 2.24) is 0 Å². The van der Waals surface area contributed by atoms with E-state index in [4.69, 9.17) is 14.2 Å². The lowest BCUT2D eigenvalue weighted by Crippen LogP contribution is -2.42. The van der Waals surface area contributed by atoms with Crippen LogP contribution in [0.1, 0.15) is 50.5 Å². The van der Waals surface area contributed by atoms with Gasteiger partial charge in [0.25, 0.3) is 5.79 Å². The molecule has 1 fully saturated rings. The van der Waals surface area contributed by atoms with E-state index in [9.17, 15) is 14.4 Å². The van der Waals surface area contributed by atoms with E-state index in [1.54, 1.807) is 18.2 Å². The van der Waals surface area contributed by atoms with E-state index in [0.29, 0.717) is 11.3 Å². The van der Waals surface area contributed by atoms with Crippen LogP contribution < -0.4 is 5.32 Å². The number of hydrogen-bond acceptors (Lipinski definition) is 7. The number of methoxy groups -OCH3 is 1. The number of benzene rings is 1. The highest BCUT2D eigenvalue weighted by Crippen LogP contribution is 2.31. The zero-order valence-corrected chi connectivity index (χ0v) is 15.8. The van der Waals surface area contributed by atoms with E-state index in [1.807, 2.05) is 20.8 Å². The lowest BCUT2D eigenvalue weighted by atomic mass is 9.84. The minimum atomic E-state index is -1.29. The van der Waals surface area contributed by atoms with Gasteiger partial charge < -0.3 is 19.5 Å². The number of esters is 3. The summed E-state index contributed by atoms with van der Waals surface area (Å²) in [7, 11) is 1.32. The number of nitrogens with one attached hydrogen (secondary N) is 1. The summed E-state index contributed by atoms with van der Waals surface area (Å²) in [5.74, 6) is -3.25. The van der Waals surface area contributed by atoms with Crippen LogP contribution in [0.5, 0.6) is 0 Å². The molecule has 0 aliphatic carbocycles. The third kappa shape index (κ3) is 4.22. The van der Waals surface area contributed by atoms with Gasteiger partial charge in [0.1, 0.15) is 0 Å². The van der Waals surface area contributed by atoms with Crippen LogP contribution in [-0.4, -0.2) is 30.8 Å². The zero-order chi connectivity index (χ0) is 19.7. The molecule has 1 N–H and O–H groups in total. The topological polar surface area (TPSA) is 90.9 Å². The summed E-state index contributed by atoms with van der Waals surface area (Å²) in [5.41, 5.74) is 1.33. The Bertz CT molecular complexity index is 764. The van der Waals surface area contributed by atoms with Crippen molar-refractivity contribution in [3.63, 3.8) is 0 Å². The fourth-order valence-electron chi connectivity index (χ4n) is 2.46. The fourth-order valence-corrected chi connectivity index (χ4v) is 2.46. The van der Waals surface area contributed by atoms with Crippen molar-refractivity contribution in [2.45, 2.75) is 45.8 Å². The maximum Gasteiger partial charge on any atom is 0.350 e. The first-order valence-electron chi connectivity index (χ1n) is 8.11. The van der Waals surface area contributed by atoms with Gasteiger partial charge in [-0.1, -0.05) is 20.8 Å². The molecule has 0 spiro atoms. The third-order valence-corrected chi connectivity index (χ3v) is 3.74. The number of rotatable bonds is 3. The van der Waals surface area contributed by atoms with E-state index in [0.717, 1.165) is 5.56 Å². The molecule has 26 heavy (non-hydrogen) atoms. The van der Waals surface area contributed by atoms with Gasteiger partial charge in [-0.2, -0.15) is 0 Å². The highest BCUT2D eigenvalue weighted by Gasteiger charge is 2.39. The molecule has 1 aromatic carbocycles. The van der Waals surface area contributed by atoms with Crippen molar-refractivity contribution >= 4 is 23.6 Å². The highest BCUT2D eigenvalue weighted by atomic mass is 16.7. The molecule has 1 aliphatic rings. The van der Waals surface area contributed by atoms with E-state index in [2.05, 4.69) is 5.32 Å². The Morgan fingerprint density at radius 2 is 1.73 bits per heavy atom. The van der Waals surface area contributed by atoms with E-state index < -0.39 is 23.7 Å². The molecule has 0 atom stereocenters. The van der Waals surface area contributed by atoms with Crippen LogP contribution in [0.2, 0.25) is 0 Å². The molecular weight excluding hydrogens is 338 g/mol. The number of ether oxygens (including phenoxy) is 3. The number of cyclic esters (lactones) is 2. The lowest BCUT2D eigenvalue weighted by Gasteiger charge is -2.30. The Balaban J connectivity index is 2.36. The standard InChI is InChI=1S/C19H23NO6/c1-18(2,3)13-9-11(15(21)24-6)7-8-14(13)20-10-12-16(22)25-19(4,5)26-17(12)23/h7-10,20H,1-6H3. The molecule has 0 radical (unpaired) electrons. The Morgan fingerprint density at radius 1 is 1.15 bits per heavy atom. The Morgan fingerprint density at radius 3 is 2.23 bits per heavy atom. The zero-order valence-electron chi connectivity index (χ0n) is 15.8. The van der Waals surface area contributed by atoms with Gasteiger partial charge in [0.2, 0.25) is 0 Å². The maximum atomic E-state index is 12.0. The second-order valence-electron chi connectivity index (χ2n) is 7.38. The first-order chi connectivity index (χ1) is 11.9. The Labute approximate surface area is 152 Å². The molecule has 1 saturated heterocycles. The normalized spacial score (nSPS) is 16.5. The monoisotopic (exact) mass is 361 g/mol. The number of anilines is 1. The van der Waals surface area contributed by atoms with Crippen LogP contribution in [0.4, 0.5) is 5.69 Å². The van der Waals surface area contributed by atoms with Crippen molar-refractivity contribution in [3.05, 3.63) is 41.1 Å². The summed E-state index contributed by atoms with van der Waals surface area (Å²) in [4.78, 5) is 35.8. The molecular formula is C19H23NO6. The maximum absolute atomic E-state index is 12.0. The molecule has 1 heterocycles. The van der Waals surface area contributed by atoms with Gasteiger partial charge in [0.05, 0.1) is 12.7 Å². The second-order valence-corrected chi connectivity index (χ2v) is 7.38. The van der Waals surface area contributed by atoms with Crippen molar-refractivity contribution in [2.24, 2.45) is 0 Å². The molecule has 1 aliphatic heterocycles. The van der Waals surface area contributed by atoms with Crippen molar-refractivity contribution in [2.75, 3.05) is 12.4 Å². The first kappa shape index (κ1) is 19.5.